The van der Waals surface area contributed by atoms with E-state index in [9.17, 15) is 0 Å². The molecular formula is C12H12Li2. The van der Waals surface area contributed by atoms with Crippen LogP contribution in [-0.4, -0.2) is 0 Å². The molecule has 14 heavy (non-hydrogen) atoms. The van der Waals surface area contributed by atoms with Crippen LogP contribution in [0.4, 0.5) is 0 Å². The van der Waals surface area contributed by atoms with E-state index in [4.69, 9.17) is 13.2 Å². The molecule has 0 radical (unpaired) electrons. The van der Waals surface area contributed by atoms with Gasteiger partial charge in [-0.05, 0) is 0 Å². The molecule has 62 valence electrons. The first-order chi connectivity index (χ1) is 5.61. The van der Waals surface area contributed by atoms with Crippen LogP contribution >= 0.6 is 0 Å². The Kier molecular flexibility index (Phi) is 8.42. The molecule has 1 rings (SSSR count). The van der Waals surface area contributed by atoms with Gasteiger partial charge in [0.15, 0.2) is 0 Å². The molecule has 0 atom stereocenters. The van der Waals surface area contributed by atoms with Crippen LogP contribution in [0.5, 0.6) is 0 Å². The van der Waals surface area contributed by atoms with Gasteiger partial charge in [-0.1, -0.05) is 19.9 Å². The van der Waals surface area contributed by atoms with Crippen LogP contribution in [0.1, 0.15) is 25.0 Å². The summed E-state index contributed by atoms with van der Waals surface area (Å²) in [6.45, 7) is 15.1. The quantitative estimate of drug-likeness (QED) is 0.336. The number of allylic oxidation sites excluding steroid dienone is 2. The first-order valence-electron chi connectivity index (χ1n) is 3.90. The molecule has 0 aliphatic carbocycles. The summed E-state index contributed by atoms with van der Waals surface area (Å²) in [7, 11) is 0. The van der Waals surface area contributed by atoms with E-state index >= 15 is 0 Å². The van der Waals surface area contributed by atoms with Crippen molar-refractivity contribution in [2.24, 2.45) is 0 Å². The fourth-order valence-corrected chi connectivity index (χ4v) is 1.01. The van der Waals surface area contributed by atoms with Crippen LogP contribution in [0.15, 0.2) is 24.3 Å². The molecule has 1 aromatic carbocycles. The summed E-state index contributed by atoms with van der Waals surface area (Å²) in [5.74, 6) is 0. The number of rotatable bonds is 2. The maximum Gasteiger partial charge on any atom is 1.00 e. The fourth-order valence-electron chi connectivity index (χ4n) is 1.01. The zero-order valence-corrected chi connectivity index (χ0v) is 9.46. The van der Waals surface area contributed by atoms with Crippen molar-refractivity contribution < 1.29 is 37.7 Å². The Morgan fingerprint density at radius 1 is 0.929 bits per heavy atom. The van der Waals surface area contributed by atoms with Crippen molar-refractivity contribution >= 4 is 11.1 Å². The Morgan fingerprint density at radius 3 is 1.57 bits per heavy atom. The van der Waals surface area contributed by atoms with Crippen LogP contribution < -0.4 is 37.7 Å². The van der Waals surface area contributed by atoms with Crippen LogP contribution in [0.2, 0.25) is 0 Å². The Balaban J connectivity index is 0. The third-order valence-electron chi connectivity index (χ3n) is 1.77. The summed E-state index contributed by atoms with van der Waals surface area (Å²) >= 11 is 0. The van der Waals surface area contributed by atoms with Gasteiger partial charge < -0.3 is 0 Å². The molecule has 0 fully saturated rings. The van der Waals surface area contributed by atoms with Gasteiger partial charge in [0.25, 0.3) is 0 Å². The van der Waals surface area contributed by atoms with Crippen molar-refractivity contribution in [3.8, 4) is 0 Å². The van der Waals surface area contributed by atoms with Gasteiger partial charge >= 0.3 is 37.7 Å². The van der Waals surface area contributed by atoms with Gasteiger partial charge in [0, 0.05) is 0 Å². The van der Waals surface area contributed by atoms with E-state index in [0.29, 0.717) is 0 Å². The summed E-state index contributed by atoms with van der Waals surface area (Å²) in [5.41, 5.74) is 3.71. The maximum atomic E-state index is 5.65. The summed E-state index contributed by atoms with van der Waals surface area (Å²) in [5, 5.41) is 0. The van der Waals surface area contributed by atoms with Gasteiger partial charge in [-0.3, -0.25) is 13.2 Å². The number of benzene rings is 1. The van der Waals surface area contributed by atoms with E-state index in [1.807, 2.05) is 38.1 Å². The normalized spacial score (nSPS) is 8.14. The minimum atomic E-state index is 0. The molecule has 0 N–H and O–H groups in total. The van der Waals surface area contributed by atoms with Crippen molar-refractivity contribution in [3.63, 3.8) is 0 Å². The van der Waals surface area contributed by atoms with Crippen LogP contribution in [0.25, 0.3) is 11.1 Å². The van der Waals surface area contributed by atoms with E-state index < -0.39 is 0 Å². The average molecular weight is 170 g/mol. The first-order valence-corrected chi connectivity index (χ1v) is 3.90. The summed E-state index contributed by atoms with van der Waals surface area (Å²) in [6.07, 6.45) is 0. The molecule has 0 nitrogen and oxygen atoms in total. The summed E-state index contributed by atoms with van der Waals surface area (Å²) < 4.78 is 0. The van der Waals surface area contributed by atoms with Gasteiger partial charge in [0.2, 0.25) is 0 Å². The Bertz CT molecular complexity index is 298. The molecule has 0 amide bonds. The number of hydrogen-bond donors (Lipinski definition) is 0. The Hall–Kier alpha value is -0.105. The van der Waals surface area contributed by atoms with Crippen LogP contribution in [0.3, 0.4) is 0 Å². The topological polar surface area (TPSA) is 0 Å². The van der Waals surface area contributed by atoms with Crippen molar-refractivity contribution in [2.75, 3.05) is 0 Å². The van der Waals surface area contributed by atoms with E-state index in [-0.39, 0.29) is 37.7 Å². The summed E-state index contributed by atoms with van der Waals surface area (Å²) in [6, 6.07) is 7.89. The Morgan fingerprint density at radius 2 is 1.29 bits per heavy atom. The number of hydrogen-bond acceptors (Lipinski definition) is 0. The van der Waals surface area contributed by atoms with Gasteiger partial charge in [0.1, 0.15) is 0 Å². The van der Waals surface area contributed by atoms with E-state index in [1.54, 1.807) is 0 Å². The minimum absolute atomic E-state index is 0. The zero-order chi connectivity index (χ0) is 9.14. The van der Waals surface area contributed by atoms with Crippen LogP contribution in [0, 0.1) is 13.2 Å². The second-order valence-electron chi connectivity index (χ2n) is 2.95. The smallest absolute Gasteiger partial charge is 0.289 e. The monoisotopic (exact) mass is 170 g/mol. The SMILES string of the molecule is [CH-]=C(C)c1cccc(C(=[CH-])C)c1.[Li+].[Li+]. The van der Waals surface area contributed by atoms with E-state index in [0.717, 1.165) is 22.3 Å². The van der Waals surface area contributed by atoms with E-state index in [1.165, 1.54) is 0 Å². The standard InChI is InChI=1S/C12H12.2Li/c1-9(2)11-6-5-7-12(8-11)10(3)4;;/h1,3,5-8H,2,4H3;;/q-2;2*+1. The molecule has 2 heteroatoms. The molecule has 0 aliphatic heterocycles. The molecule has 0 heterocycles. The van der Waals surface area contributed by atoms with Crippen molar-refractivity contribution in [1.29, 1.82) is 0 Å². The predicted octanol–water partition coefficient (Wildman–Crippen LogP) is -2.63. The van der Waals surface area contributed by atoms with Gasteiger partial charge in [0.05, 0.1) is 0 Å². The predicted molar refractivity (Wildman–Crippen MR) is 53.2 cm³/mol. The average Bonchev–Trinajstić information content (AvgIpc) is 2.04. The van der Waals surface area contributed by atoms with Crippen molar-refractivity contribution in [1.82, 2.24) is 0 Å². The third-order valence-corrected chi connectivity index (χ3v) is 1.77. The van der Waals surface area contributed by atoms with Gasteiger partial charge in [-0.15, -0.1) is 12.1 Å². The molecule has 0 aliphatic rings. The zero-order valence-electron chi connectivity index (χ0n) is 9.46. The largest absolute Gasteiger partial charge is 1.00 e. The fraction of sp³-hybridized carbons (Fsp3) is 0.167. The van der Waals surface area contributed by atoms with Crippen LogP contribution in [-0.2, 0) is 0 Å². The Labute approximate surface area is 111 Å². The molecule has 0 unspecified atom stereocenters. The third kappa shape index (κ3) is 4.41. The van der Waals surface area contributed by atoms with Crippen molar-refractivity contribution in [3.05, 3.63) is 48.6 Å². The van der Waals surface area contributed by atoms with E-state index in [2.05, 4.69) is 0 Å². The second kappa shape index (κ2) is 7.22. The first kappa shape index (κ1) is 16.3. The summed E-state index contributed by atoms with van der Waals surface area (Å²) in [4.78, 5) is 0. The molecule has 0 saturated carbocycles. The molecule has 0 bridgehead atoms. The molecule has 1 aromatic rings. The molecule has 0 spiro atoms. The second-order valence-corrected chi connectivity index (χ2v) is 2.95. The maximum absolute atomic E-state index is 5.65. The van der Waals surface area contributed by atoms with Crippen molar-refractivity contribution in [2.45, 2.75) is 13.8 Å². The minimum Gasteiger partial charge on any atom is -0.289 e. The van der Waals surface area contributed by atoms with Gasteiger partial charge in [-0.25, -0.2) is 17.2 Å². The molecule has 0 aromatic heterocycles. The molecular weight excluding hydrogens is 158 g/mol. The molecule has 0 saturated heterocycles. The van der Waals surface area contributed by atoms with Gasteiger partial charge in [-0.2, -0.15) is 11.1 Å².